The summed E-state index contributed by atoms with van der Waals surface area (Å²) >= 11 is 5.67. The molecule has 6 nitrogen and oxygen atoms in total. The van der Waals surface area contributed by atoms with Crippen LogP contribution in [0.5, 0.6) is 0 Å². The van der Waals surface area contributed by atoms with Gasteiger partial charge in [-0.3, -0.25) is 9.69 Å². The normalized spacial score (nSPS) is 16.1. The van der Waals surface area contributed by atoms with Crippen molar-refractivity contribution in [2.75, 3.05) is 25.0 Å². The highest BCUT2D eigenvalue weighted by Gasteiger charge is 2.27. The molecule has 1 fully saturated rings. The lowest BCUT2D eigenvalue weighted by molar-refractivity contribution is -0.117. The zero-order valence-corrected chi connectivity index (χ0v) is 16.6. The minimum Gasteiger partial charge on any atom is -0.325 e. The number of carbonyl (C=O) groups is 1. The van der Waals surface area contributed by atoms with Crippen molar-refractivity contribution in [3.05, 3.63) is 59.4 Å². The number of halogens is 2. The molecule has 2 aromatic carbocycles. The van der Waals surface area contributed by atoms with Crippen molar-refractivity contribution in [3.8, 4) is 0 Å². The van der Waals surface area contributed by atoms with E-state index in [0.29, 0.717) is 25.9 Å². The average molecular weight is 426 g/mol. The molecular weight excluding hydrogens is 405 g/mol. The number of amides is 1. The van der Waals surface area contributed by atoms with E-state index in [1.54, 1.807) is 0 Å². The summed E-state index contributed by atoms with van der Waals surface area (Å²) < 4.78 is 41.3. The maximum absolute atomic E-state index is 13.9. The van der Waals surface area contributed by atoms with Crippen LogP contribution in [0.4, 0.5) is 10.1 Å². The van der Waals surface area contributed by atoms with Gasteiger partial charge in [0, 0.05) is 29.8 Å². The van der Waals surface area contributed by atoms with E-state index in [4.69, 9.17) is 11.6 Å². The Labute approximate surface area is 168 Å². The molecule has 2 aromatic rings. The number of piperidine rings is 1. The van der Waals surface area contributed by atoms with Gasteiger partial charge >= 0.3 is 0 Å². The smallest absolute Gasteiger partial charge is 0.243 e. The Kier molecular flexibility index (Phi) is 6.66. The van der Waals surface area contributed by atoms with E-state index in [9.17, 15) is 17.6 Å². The molecule has 0 unspecified atom stereocenters. The molecule has 1 saturated heterocycles. The van der Waals surface area contributed by atoms with Gasteiger partial charge in [0.1, 0.15) is 10.7 Å². The summed E-state index contributed by atoms with van der Waals surface area (Å²) in [6.07, 6.45) is 1.07. The number of sulfonamides is 1. The zero-order valence-electron chi connectivity index (χ0n) is 15.1. The second-order valence-electron chi connectivity index (χ2n) is 6.66. The molecule has 1 aliphatic rings. The number of rotatable bonds is 6. The summed E-state index contributed by atoms with van der Waals surface area (Å²) in [5.74, 6) is -0.997. The summed E-state index contributed by atoms with van der Waals surface area (Å²) in [6, 6.07) is 12.3. The number of benzene rings is 2. The monoisotopic (exact) mass is 425 g/mol. The molecule has 0 atom stereocenters. The summed E-state index contributed by atoms with van der Waals surface area (Å²) in [5, 5.41) is 2.96. The molecule has 1 heterocycles. The summed E-state index contributed by atoms with van der Waals surface area (Å²) in [5.41, 5.74) is 0.736. The highest BCUT2D eigenvalue weighted by molar-refractivity contribution is 7.89. The molecule has 0 saturated carbocycles. The lowest BCUT2D eigenvalue weighted by Crippen LogP contribution is -2.46. The van der Waals surface area contributed by atoms with Crippen LogP contribution in [0, 0.1) is 5.82 Å². The van der Waals surface area contributed by atoms with Gasteiger partial charge < -0.3 is 5.32 Å². The summed E-state index contributed by atoms with van der Waals surface area (Å²) in [6.45, 7) is 1.37. The van der Waals surface area contributed by atoms with Crippen molar-refractivity contribution in [3.63, 3.8) is 0 Å². The Balaban J connectivity index is 1.50. The van der Waals surface area contributed by atoms with E-state index in [1.807, 2.05) is 35.2 Å². The van der Waals surface area contributed by atoms with E-state index >= 15 is 0 Å². The fourth-order valence-corrected chi connectivity index (χ4v) is 4.63. The molecule has 0 radical (unpaired) electrons. The minimum atomic E-state index is -3.97. The number of nitrogens with zero attached hydrogens (tertiary/aromatic N) is 1. The third kappa shape index (κ3) is 5.51. The predicted octanol–water partition coefficient (Wildman–Crippen LogP) is 2.86. The molecule has 0 spiro atoms. The van der Waals surface area contributed by atoms with Crippen molar-refractivity contribution in [1.82, 2.24) is 9.62 Å². The molecule has 28 heavy (non-hydrogen) atoms. The first-order chi connectivity index (χ1) is 13.3. The standard InChI is InChI=1S/C19H21ClFN3O3S/c20-14-6-7-18(17(21)12-14)28(26,27)23-16-8-10-24(11-9-16)13-19(25)22-15-4-2-1-3-5-15/h1-7,12,16,23H,8-11,13H2,(H,22,25). The van der Waals surface area contributed by atoms with Gasteiger partial charge in [0.2, 0.25) is 15.9 Å². The fraction of sp³-hybridized carbons (Fsp3) is 0.316. The van der Waals surface area contributed by atoms with Gasteiger partial charge in [-0.15, -0.1) is 0 Å². The highest BCUT2D eigenvalue weighted by Crippen LogP contribution is 2.20. The summed E-state index contributed by atoms with van der Waals surface area (Å²) in [4.78, 5) is 13.7. The second kappa shape index (κ2) is 9.00. The SMILES string of the molecule is O=C(CN1CCC(NS(=O)(=O)c2ccc(Cl)cc2F)CC1)Nc1ccccc1. The molecule has 3 rings (SSSR count). The molecule has 2 N–H and O–H groups in total. The van der Waals surface area contributed by atoms with E-state index in [1.165, 1.54) is 6.07 Å². The Bertz CT molecular complexity index is 933. The lowest BCUT2D eigenvalue weighted by Gasteiger charge is -2.31. The van der Waals surface area contributed by atoms with Gasteiger partial charge in [-0.2, -0.15) is 0 Å². The van der Waals surface area contributed by atoms with Crippen LogP contribution in [0.25, 0.3) is 0 Å². The highest BCUT2D eigenvalue weighted by atomic mass is 35.5. The third-order valence-electron chi connectivity index (χ3n) is 4.52. The minimum absolute atomic E-state index is 0.117. The van der Waals surface area contributed by atoms with E-state index < -0.39 is 20.7 Å². The van der Waals surface area contributed by atoms with Gasteiger partial charge in [-0.05, 0) is 43.2 Å². The van der Waals surface area contributed by atoms with Gasteiger partial charge in [-0.1, -0.05) is 29.8 Å². The van der Waals surface area contributed by atoms with Gasteiger partial charge in [0.25, 0.3) is 0 Å². The Morgan fingerprint density at radius 1 is 1.14 bits per heavy atom. The number of para-hydroxylation sites is 1. The number of carbonyl (C=O) groups excluding carboxylic acids is 1. The van der Waals surface area contributed by atoms with Crippen LogP contribution in [0.15, 0.2) is 53.4 Å². The Morgan fingerprint density at radius 2 is 1.82 bits per heavy atom. The second-order valence-corrected chi connectivity index (χ2v) is 8.78. The van der Waals surface area contributed by atoms with Gasteiger partial charge in [-0.25, -0.2) is 17.5 Å². The van der Waals surface area contributed by atoms with E-state index in [-0.39, 0.29) is 23.5 Å². The van der Waals surface area contributed by atoms with Crippen molar-refractivity contribution in [2.24, 2.45) is 0 Å². The molecule has 9 heteroatoms. The van der Waals surface area contributed by atoms with Gasteiger partial charge in [0.15, 0.2) is 0 Å². The largest absolute Gasteiger partial charge is 0.325 e. The van der Waals surface area contributed by atoms with Crippen LogP contribution >= 0.6 is 11.6 Å². The van der Waals surface area contributed by atoms with Crippen LogP contribution in [-0.4, -0.2) is 44.9 Å². The predicted molar refractivity (Wildman–Crippen MR) is 106 cm³/mol. The number of hydrogen-bond donors (Lipinski definition) is 2. The molecule has 0 aromatic heterocycles. The first-order valence-corrected chi connectivity index (χ1v) is 10.7. The number of likely N-dealkylation sites (tertiary alicyclic amines) is 1. The number of hydrogen-bond acceptors (Lipinski definition) is 4. The molecular formula is C19H21ClFN3O3S. The molecule has 1 amide bonds. The molecule has 0 aliphatic carbocycles. The molecule has 1 aliphatic heterocycles. The molecule has 0 bridgehead atoms. The van der Waals surface area contributed by atoms with Crippen LogP contribution in [-0.2, 0) is 14.8 Å². The zero-order chi connectivity index (χ0) is 20.1. The van der Waals surface area contributed by atoms with Crippen LogP contribution in [0.3, 0.4) is 0 Å². The van der Waals surface area contributed by atoms with Crippen molar-refractivity contribution >= 4 is 33.2 Å². The van der Waals surface area contributed by atoms with E-state index in [0.717, 1.165) is 17.8 Å². The maximum atomic E-state index is 13.9. The van der Waals surface area contributed by atoms with Crippen molar-refractivity contribution < 1.29 is 17.6 Å². The van der Waals surface area contributed by atoms with Gasteiger partial charge in [0.05, 0.1) is 6.54 Å². The summed E-state index contributed by atoms with van der Waals surface area (Å²) in [7, 11) is -3.97. The number of anilines is 1. The first-order valence-electron chi connectivity index (χ1n) is 8.88. The Morgan fingerprint density at radius 3 is 2.46 bits per heavy atom. The fourth-order valence-electron chi connectivity index (χ4n) is 3.11. The maximum Gasteiger partial charge on any atom is 0.243 e. The number of nitrogens with one attached hydrogen (secondary N) is 2. The van der Waals surface area contributed by atoms with Crippen LogP contribution < -0.4 is 10.0 Å². The Hall–Kier alpha value is -2.00. The first kappa shape index (κ1) is 20.7. The van der Waals surface area contributed by atoms with Crippen LogP contribution in [0.2, 0.25) is 5.02 Å². The topological polar surface area (TPSA) is 78.5 Å². The average Bonchev–Trinajstić information content (AvgIpc) is 2.63. The van der Waals surface area contributed by atoms with Crippen molar-refractivity contribution in [1.29, 1.82) is 0 Å². The quantitative estimate of drug-likeness (QED) is 0.746. The van der Waals surface area contributed by atoms with Crippen LogP contribution in [0.1, 0.15) is 12.8 Å². The lowest BCUT2D eigenvalue weighted by atomic mass is 10.1. The molecule has 150 valence electrons. The van der Waals surface area contributed by atoms with Crippen molar-refractivity contribution in [2.45, 2.75) is 23.8 Å². The third-order valence-corrected chi connectivity index (χ3v) is 6.31. The van der Waals surface area contributed by atoms with E-state index in [2.05, 4.69) is 10.0 Å².